The van der Waals surface area contributed by atoms with Crippen molar-refractivity contribution < 1.29 is 4.79 Å². The van der Waals surface area contributed by atoms with Gasteiger partial charge in [0, 0.05) is 12.1 Å². The van der Waals surface area contributed by atoms with Gasteiger partial charge in [-0.25, -0.2) is 0 Å². The van der Waals surface area contributed by atoms with Crippen LogP contribution < -0.4 is 10.6 Å². The lowest BCUT2D eigenvalue weighted by molar-refractivity contribution is -0.120. The Bertz CT molecular complexity index is 234. The van der Waals surface area contributed by atoms with Crippen molar-refractivity contribution in [3.63, 3.8) is 0 Å². The summed E-state index contributed by atoms with van der Waals surface area (Å²) >= 11 is 0. The summed E-state index contributed by atoms with van der Waals surface area (Å²) < 4.78 is 0. The monoisotopic (exact) mass is 224 g/mol. The van der Waals surface area contributed by atoms with E-state index in [1.54, 1.807) is 0 Å². The van der Waals surface area contributed by atoms with Crippen LogP contribution in [-0.4, -0.2) is 24.5 Å². The number of carbonyl (C=O) groups is 1. The Morgan fingerprint density at radius 3 is 2.69 bits per heavy atom. The Balaban J connectivity index is 2.21. The van der Waals surface area contributed by atoms with Gasteiger partial charge >= 0.3 is 0 Å². The molecule has 1 unspecified atom stereocenters. The van der Waals surface area contributed by atoms with Crippen molar-refractivity contribution in [3.8, 4) is 0 Å². The Morgan fingerprint density at radius 2 is 2.19 bits per heavy atom. The lowest BCUT2D eigenvalue weighted by Gasteiger charge is -2.17. The van der Waals surface area contributed by atoms with Crippen molar-refractivity contribution >= 4 is 5.91 Å². The minimum absolute atomic E-state index is 0.0965. The van der Waals surface area contributed by atoms with E-state index in [2.05, 4.69) is 17.2 Å². The number of allylic oxidation sites excluding steroid dienone is 1. The molecule has 0 aliphatic heterocycles. The van der Waals surface area contributed by atoms with Crippen molar-refractivity contribution in [2.24, 2.45) is 5.92 Å². The molecule has 0 aromatic carbocycles. The smallest absolute Gasteiger partial charge is 0.234 e. The summed E-state index contributed by atoms with van der Waals surface area (Å²) in [5.74, 6) is 0.881. The van der Waals surface area contributed by atoms with Crippen LogP contribution in [0, 0.1) is 5.92 Å². The van der Waals surface area contributed by atoms with E-state index in [9.17, 15) is 4.79 Å². The van der Waals surface area contributed by atoms with Gasteiger partial charge in [-0.05, 0) is 45.4 Å². The number of amides is 1. The van der Waals surface area contributed by atoms with Gasteiger partial charge in [-0.3, -0.25) is 4.79 Å². The predicted molar refractivity (Wildman–Crippen MR) is 67.2 cm³/mol. The molecular weight excluding hydrogens is 200 g/mol. The second-order valence-electron chi connectivity index (χ2n) is 4.91. The van der Waals surface area contributed by atoms with Crippen molar-refractivity contribution in [2.75, 3.05) is 6.54 Å². The highest BCUT2D eigenvalue weighted by Gasteiger charge is 2.30. The van der Waals surface area contributed by atoms with Crippen molar-refractivity contribution in [1.29, 1.82) is 0 Å². The van der Waals surface area contributed by atoms with Gasteiger partial charge in [0.2, 0.25) is 5.91 Å². The first-order chi connectivity index (χ1) is 7.63. The molecule has 1 atom stereocenters. The zero-order valence-corrected chi connectivity index (χ0v) is 10.5. The molecule has 1 fully saturated rings. The van der Waals surface area contributed by atoms with E-state index >= 15 is 0 Å². The molecule has 0 bridgehead atoms. The third-order valence-corrected chi connectivity index (χ3v) is 2.85. The van der Waals surface area contributed by atoms with Gasteiger partial charge in [0.15, 0.2) is 0 Å². The fraction of sp³-hybridized carbons (Fsp3) is 0.769. The largest absolute Gasteiger partial charge is 0.353 e. The summed E-state index contributed by atoms with van der Waals surface area (Å²) in [6.07, 6.45) is 6.69. The van der Waals surface area contributed by atoms with Crippen molar-refractivity contribution in [1.82, 2.24) is 10.6 Å². The highest BCUT2D eigenvalue weighted by molar-refractivity contribution is 5.78. The van der Waals surface area contributed by atoms with E-state index in [1.165, 1.54) is 12.8 Å². The van der Waals surface area contributed by atoms with E-state index in [1.807, 2.05) is 19.9 Å². The molecule has 16 heavy (non-hydrogen) atoms. The van der Waals surface area contributed by atoms with Crippen LogP contribution in [0.1, 0.15) is 39.5 Å². The van der Waals surface area contributed by atoms with Gasteiger partial charge in [-0.1, -0.05) is 6.08 Å². The molecule has 0 radical (unpaired) electrons. The third-order valence-electron chi connectivity index (χ3n) is 2.85. The molecule has 3 nitrogen and oxygen atoms in total. The second kappa shape index (κ2) is 6.69. The van der Waals surface area contributed by atoms with Gasteiger partial charge in [0.05, 0.1) is 6.54 Å². The number of nitrogens with one attached hydrogen (secondary N) is 2. The summed E-state index contributed by atoms with van der Waals surface area (Å²) in [6.45, 7) is 8.14. The zero-order chi connectivity index (χ0) is 12.0. The molecule has 1 saturated carbocycles. The van der Waals surface area contributed by atoms with Crippen LogP contribution in [0.3, 0.4) is 0 Å². The molecular formula is C13H24N2O. The topological polar surface area (TPSA) is 41.1 Å². The van der Waals surface area contributed by atoms with Crippen molar-refractivity contribution in [3.05, 3.63) is 12.7 Å². The van der Waals surface area contributed by atoms with E-state index < -0.39 is 0 Å². The van der Waals surface area contributed by atoms with Crippen LogP contribution in [0.15, 0.2) is 12.7 Å². The van der Waals surface area contributed by atoms with Crippen LogP contribution in [-0.2, 0) is 4.79 Å². The lowest BCUT2D eigenvalue weighted by Crippen LogP contribution is -2.42. The molecule has 92 valence electrons. The summed E-state index contributed by atoms with van der Waals surface area (Å²) in [7, 11) is 0. The molecule has 3 heteroatoms. The average Bonchev–Trinajstić information content (AvgIpc) is 3.00. The Labute approximate surface area is 98.7 Å². The van der Waals surface area contributed by atoms with Gasteiger partial charge in [0.25, 0.3) is 0 Å². The Kier molecular flexibility index (Phi) is 5.53. The molecule has 0 heterocycles. The summed E-state index contributed by atoms with van der Waals surface area (Å²) in [6, 6.07) is 0.720. The molecule has 0 aromatic heterocycles. The first kappa shape index (κ1) is 13.2. The van der Waals surface area contributed by atoms with Crippen LogP contribution in [0.2, 0.25) is 0 Å². The first-order valence-electron chi connectivity index (χ1n) is 6.27. The molecule has 0 aromatic rings. The van der Waals surface area contributed by atoms with E-state index in [4.69, 9.17) is 0 Å². The maximum absolute atomic E-state index is 11.5. The second-order valence-corrected chi connectivity index (χ2v) is 4.91. The number of carbonyl (C=O) groups excluding carboxylic acids is 1. The summed E-state index contributed by atoms with van der Waals surface area (Å²) in [5.41, 5.74) is 0. The molecule has 2 N–H and O–H groups in total. The van der Waals surface area contributed by atoms with Crippen LogP contribution in [0.5, 0.6) is 0 Å². The first-order valence-corrected chi connectivity index (χ1v) is 6.27. The summed E-state index contributed by atoms with van der Waals surface area (Å²) in [5, 5.41) is 6.25. The fourth-order valence-corrected chi connectivity index (χ4v) is 1.90. The SMILES string of the molecule is C=CCCC(NCC(=O)NC(C)C)C1CC1. The normalized spacial score (nSPS) is 17.2. The summed E-state index contributed by atoms with van der Waals surface area (Å²) in [4.78, 5) is 11.5. The lowest BCUT2D eigenvalue weighted by atomic mass is 10.1. The van der Waals surface area contributed by atoms with Gasteiger partial charge < -0.3 is 10.6 Å². The van der Waals surface area contributed by atoms with Crippen LogP contribution in [0.4, 0.5) is 0 Å². The fourth-order valence-electron chi connectivity index (χ4n) is 1.90. The maximum Gasteiger partial charge on any atom is 0.234 e. The molecule has 1 rings (SSSR count). The predicted octanol–water partition coefficient (Wildman–Crippen LogP) is 1.85. The number of hydrogen-bond donors (Lipinski definition) is 2. The molecule has 1 aliphatic carbocycles. The van der Waals surface area contributed by atoms with Gasteiger partial charge in [-0.15, -0.1) is 6.58 Å². The molecule has 1 amide bonds. The maximum atomic E-state index is 11.5. The molecule has 0 spiro atoms. The minimum atomic E-state index is 0.0965. The average molecular weight is 224 g/mol. The standard InChI is InChI=1S/C13H24N2O/c1-4-5-6-12(11-7-8-11)14-9-13(16)15-10(2)3/h4,10-12,14H,1,5-9H2,2-3H3,(H,15,16). The highest BCUT2D eigenvalue weighted by Crippen LogP contribution is 2.34. The Morgan fingerprint density at radius 1 is 1.50 bits per heavy atom. The minimum Gasteiger partial charge on any atom is -0.353 e. The van der Waals surface area contributed by atoms with Gasteiger partial charge in [0.1, 0.15) is 0 Å². The molecule has 1 aliphatic rings. The van der Waals surface area contributed by atoms with E-state index in [0.717, 1.165) is 18.8 Å². The van der Waals surface area contributed by atoms with Crippen LogP contribution in [0.25, 0.3) is 0 Å². The third kappa shape index (κ3) is 5.31. The molecule has 0 saturated heterocycles. The number of rotatable bonds is 8. The highest BCUT2D eigenvalue weighted by atomic mass is 16.1. The quantitative estimate of drug-likeness (QED) is 0.618. The van der Waals surface area contributed by atoms with Gasteiger partial charge in [-0.2, -0.15) is 0 Å². The number of hydrogen-bond acceptors (Lipinski definition) is 2. The van der Waals surface area contributed by atoms with Crippen LogP contribution >= 0.6 is 0 Å². The van der Waals surface area contributed by atoms with E-state index in [0.29, 0.717) is 12.6 Å². The van der Waals surface area contributed by atoms with E-state index in [-0.39, 0.29) is 11.9 Å². The Hall–Kier alpha value is -0.830. The van der Waals surface area contributed by atoms with Crippen molar-refractivity contribution in [2.45, 2.75) is 51.6 Å². The zero-order valence-electron chi connectivity index (χ0n) is 10.5.